The van der Waals surface area contributed by atoms with Crippen LogP contribution in [0.3, 0.4) is 0 Å². The minimum atomic E-state index is 0.587. The molecule has 2 aromatic heterocycles. The molecule has 0 amide bonds. The lowest BCUT2D eigenvalue weighted by molar-refractivity contribution is 0.756. The summed E-state index contributed by atoms with van der Waals surface area (Å²) < 4.78 is 1.75. The maximum Gasteiger partial charge on any atom is 0.227 e. The Bertz CT molecular complexity index is 420. The number of nitrogens with one attached hydrogen (secondary N) is 1. The van der Waals surface area contributed by atoms with Crippen LogP contribution < -0.4 is 5.32 Å². The zero-order valence-electron chi connectivity index (χ0n) is 8.10. The molecule has 5 heteroatoms. The summed E-state index contributed by atoms with van der Waals surface area (Å²) in [4.78, 5) is 8.13. The van der Waals surface area contributed by atoms with Gasteiger partial charge in [0.1, 0.15) is 0 Å². The Morgan fingerprint density at radius 2 is 2.00 bits per heavy atom. The summed E-state index contributed by atoms with van der Waals surface area (Å²) in [6.45, 7) is 1.94. The standard InChI is InChI=1S/C9H11N5/c1-7-8(6-14(2)13-7)12-9-10-4-3-5-11-9/h3-6H,1-2H3,(H,10,11,12). The molecule has 1 N–H and O–H groups in total. The number of aryl methyl sites for hydroxylation is 2. The van der Waals surface area contributed by atoms with Gasteiger partial charge in [0.2, 0.25) is 5.95 Å². The third-order valence-corrected chi connectivity index (χ3v) is 1.83. The van der Waals surface area contributed by atoms with E-state index in [1.165, 1.54) is 0 Å². The third-order valence-electron chi connectivity index (χ3n) is 1.83. The fourth-order valence-corrected chi connectivity index (χ4v) is 1.21. The first kappa shape index (κ1) is 8.68. The lowest BCUT2D eigenvalue weighted by atomic mass is 10.4. The molecule has 0 saturated carbocycles. The van der Waals surface area contributed by atoms with E-state index in [-0.39, 0.29) is 0 Å². The van der Waals surface area contributed by atoms with E-state index in [9.17, 15) is 0 Å². The van der Waals surface area contributed by atoms with Gasteiger partial charge in [-0.05, 0) is 13.0 Å². The van der Waals surface area contributed by atoms with Crippen LogP contribution in [0.1, 0.15) is 5.69 Å². The minimum Gasteiger partial charge on any atom is -0.321 e. The Balaban J connectivity index is 2.23. The molecule has 5 nitrogen and oxygen atoms in total. The molecule has 2 rings (SSSR count). The normalized spacial score (nSPS) is 10.1. The van der Waals surface area contributed by atoms with Crippen LogP contribution in [-0.4, -0.2) is 19.7 Å². The van der Waals surface area contributed by atoms with Crippen LogP contribution in [0, 0.1) is 6.92 Å². The molecule has 0 bridgehead atoms. The van der Waals surface area contributed by atoms with Gasteiger partial charge in [-0.1, -0.05) is 0 Å². The Labute approximate surface area is 81.8 Å². The molecule has 0 aliphatic carbocycles. The zero-order valence-corrected chi connectivity index (χ0v) is 8.10. The predicted molar refractivity (Wildman–Crippen MR) is 53.3 cm³/mol. The van der Waals surface area contributed by atoms with E-state index in [0.717, 1.165) is 11.4 Å². The second kappa shape index (κ2) is 3.45. The molecule has 14 heavy (non-hydrogen) atoms. The van der Waals surface area contributed by atoms with Crippen molar-refractivity contribution in [1.82, 2.24) is 19.7 Å². The van der Waals surface area contributed by atoms with Gasteiger partial charge in [-0.15, -0.1) is 0 Å². The van der Waals surface area contributed by atoms with Crippen LogP contribution >= 0.6 is 0 Å². The molecule has 0 fully saturated rings. The summed E-state index contributed by atoms with van der Waals surface area (Å²) in [6, 6.07) is 1.78. The Hall–Kier alpha value is -1.91. The topological polar surface area (TPSA) is 55.6 Å². The smallest absolute Gasteiger partial charge is 0.227 e. The molecule has 0 unspecified atom stereocenters. The summed E-state index contributed by atoms with van der Waals surface area (Å²) in [5, 5.41) is 7.29. The quantitative estimate of drug-likeness (QED) is 0.772. The van der Waals surface area contributed by atoms with Gasteiger partial charge in [0.25, 0.3) is 0 Å². The molecule has 0 radical (unpaired) electrons. The van der Waals surface area contributed by atoms with Crippen LogP contribution in [-0.2, 0) is 7.05 Å². The maximum atomic E-state index is 4.21. The Morgan fingerprint density at radius 1 is 1.29 bits per heavy atom. The largest absolute Gasteiger partial charge is 0.321 e. The number of anilines is 2. The molecule has 0 spiro atoms. The van der Waals surface area contributed by atoms with E-state index in [2.05, 4.69) is 20.4 Å². The molecule has 0 aliphatic heterocycles. The van der Waals surface area contributed by atoms with Crippen LogP contribution in [0.25, 0.3) is 0 Å². The van der Waals surface area contributed by atoms with E-state index in [0.29, 0.717) is 5.95 Å². The number of hydrogen-bond donors (Lipinski definition) is 1. The first-order valence-corrected chi connectivity index (χ1v) is 4.30. The SMILES string of the molecule is Cc1nn(C)cc1Nc1ncccn1. The van der Waals surface area contributed by atoms with E-state index >= 15 is 0 Å². The predicted octanol–water partition coefficient (Wildman–Crippen LogP) is 1.26. The highest BCUT2D eigenvalue weighted by Crippen LogP contribution is 2.14. The van der Waals surface area contributed by atoms with Gasteiger partial charge < -0.3 is 5.32 Å². The van der Waals surface area contributed by atoms with Crippen molar-refractivity contribution in [1.29, 1.82) is 0 Å². The summed E-state index contributed by atoms with van der Waals surface area (Å²) in [5.74, 6) is 0.587. The number of aromatic nitrogens is 4. The molecule has 2 heterocycles. The molecule has 0 aromatic carbocycles. The highest BCUT2D eigenvalue weighted by molar-refractivity contribution is 5.54. The summed E-state index contributed by atoms with van der Waals surface area (Å²) >= 11 is 0. The fourth-order valence-electron chi connectivity index (χ4n) is 1.21. The van der Waals surface area contributed by atoms with Crippen molar-refractivity contribution in [3.8, 4) is 0 Å². The van der Waals surface area contributed by atoms with Gasteiger partial charge >= 0.3 is 0 Å². The second-order valence-electron chi connectivity index (χ2n) is 3.00. The molecule has 0 atom stereocenters. The zero-order chi connectivity index (χ0) is 9.97. The van der Waals surface area contributed by atoms with Gasteiger partial charge in [-0.3, -0.25) is 4.68 Å². The Kier molecular flexibility index (Phi) is 2.14. The summed E-state index contributed by atoms with van der Waals surface area (Å²) in [7, 11) is 1.88. The van der Waals surface area contributed by atoms with Crippen molar-refractivity contribution in [2.75, 3.05) is 5.32 Å². The molecular formula is C9H11N5. The fraction of sp³-hybridized carbons (Fsp3) is 0.222. The van der Waals surface area contributed by atoms with Crippen LogP contribution in [0.5, 0.6) is 0 Å². The average molecular weight is 189 g/mol. The van der Waals surface area contributed by atoms with Crippen molar-refractivity contribution < 1.29 is 0 Å². The first-order chi connectivity index (χ1) is 6.75. The lowest BCUT2D eigenvalue weighted by Crippen LogP contribution is -1.95. The summed E-state index contributed by atoms with van der Waals surface area (Å²) in [5.41, 5.74) is 1.86. The minimum absolute atomic E-state index is 0.587. The molecule has 72 valence electrons. The maximum absolute atomic E-state index is 4.21. The van der Waals surface area contributed by atoms with Crippen LogP contribution in [0.2, 0.25) is 0 Å². The lowest BCUT2D eigenvalue weighted by Gasteiger charge is -2.00. The van der Waals surface area contributed by atoms with Gasteiger partial charge in [-0.25, -0.2) is 9.97 Å². The molecule has 0 saturated heterocycles. The number of nitrogens with zero attached hydrogens (tertiary/aromatic N) is 4. The number of hydrogen-bond acceptors (Lipinski definition) is 4. The second-order valence-corrected chi connectivity index (χ2v) is 3.00. The average Bonchev–Trinajstić information content (AvgIpc) is 2.47. The van der Waals surface area contributed by atoms with Crippen molar-refractivity contribution in [2.45, 2.75) is 6.92 Å². The highest BCUT2D eigenvalue weighted by atomic mass is 15.3. The van der Waals surface area contributed by atoms with Gasteiger partial charge in [0.05, 0.1) is 11.4 Å². The molecular weight excluding hydrogens is 178 g/mol. The number of rotatable bonds is 2. The van der Waals surface area contributed by atoms with Crippen LogP contribution in [0.15, 0.2) is 24.7 Å². The summed E-state index contributed by atoms with van der Waals surface area (Å²) in [6.07, 6.45) is 5.29. The molecule has 0 aliphatic rings. The van der Waals surface area contributed by atoms with E-state index in [1.807, 2.05) is 20.2 Å². The van der Waals surface area contributed by atoms with E-state index in [4.69, 9.17) is 0 Å². The van der Waals surface area contributed by atoms with Crippen molar-refractivity contribution in [3.05, 3.63) is 30.4 Å². The van der Waals surface area contributed by atoms with Crippen molar-refractivity contribution >= 4 is 11.6 Å². The highest BCUT2D eigenvalue weighted by Gasteiger charge is 2.03. The van der Waals surface area contributed by atoms with E-state index < -0.39 is 0 Å². The van der Waals surface area contributed by atoms with Crippen molar-refractivity contribution in [2.24, 2.45) is 7.05 Å². The monoisotopic (exact) mass is 189 g/mol. The van der Waals surface area contributed by atoms with E-state index in [1.54, 1.807) is 23.1 Å². The van der Waals surface area contributed by atoms with Gasteiger partial charge in [-0.2, -0.15) is 5.10 Å². The molecule has 2 aromatic rings. The van der Waals surface area contributed by atoms with Crippen molar-refractivity contribution in [3.63, 3.8) is 0 Å². The first-order valence-electron chi connectivity index (χ1n) is 4.30. The van der Waals surface area contributed by atoms with Crippen LogP contribution in [0.4, 0.5) is 11.6 Å². The Morgan fingerprint density at radius 3 is 2.57 bits per heavy atom. The van der Waals surface area contributed by atoms with Gasteiger partial charge in [0, 0.05) is 25.6 Å². The van der Waals surface area contributed by atoms with Gasteiger partial charge in [0.15, 0.2) is 0 Å². The third kappa shape index (κ3) is 1.71.